The van der Waals surface area contributed by atoms with Crippen LogP contribution < -0.4 is 4.74 Å². The van der Waals surface area contributed by atoms with Crippen molar-refractivity contribution < 1.29 is 14.5 Å². The van der Waals surface area contributed by atoms with Gasteiger partial charge in [-0.05, 0) is 34.1 Å². The fourth-order valence-corrected chi connectivity index (χ4v) is 2.07. The highest BCUT2D eigenvalue weighted by atomic mass is 79.9. The van der Waals surface area contributed by atoms with Crippen LogP contribution in [0.5, 0.6) is 11.5 Å². The summed E-state index contributed by atoms with van der Waals surface area (Å²) >= 11 is 9.21. The van der Waals surface area contributed by atoms with Crippen molar-refractivity contribution in [3.05, 3.63) is 61.6 Å². The SMILES string of the molecule is O=Cc1cccc(Cl)c1Oc1cc([N+](=O)[O-])ccc1Br. The number of nitrogens with zero attached hydrogens (tertiary/aromatic N) is 1. The predicted octanol–water partition coefficient (Wildman–Crippen LogP) is 4.62. The number of carbonyl (C=O) groups excluding carboxylic acids is 1. The number of rotatable bonds is 4. The van der Waals surface area contributed by atoms with Crippen LogP contribution in [0.25, 0.3) is 0 Å². The number of hydrogen-bond donors (Lipinski definition) is 0. The molecule has 7 heteroatoms. The summed E-state index contributed by atoms with van der Waals surface area (Å²) in [5.41, 5.74) is 0.138. The second kappa shape index (κ2) is 6.02. The van der Waals surface area contributed by atoms with E-state index in [0.717, 1.165) is 0 Å². The molecular weight excluding hydrogens is 350 g/mol. The van der Waals surface area contributed by atoms with Gasteiger partial charge in [0.15, 0.2) is 12.0 Å². The van der Waals surface area contributed by atoms with E-state index in [1.54, 1.807) is 18.2 Å². The molecule has 2 aromatic carbocycles. The molecule has 0 aliphatic heterocycles. The summed E-state index contributed by atoms with van der Waals surface area (Å²) in [5, 5.41) is 11.0. The van der Waals surface area contributed by atoms with Crippen LogP contribution in [0.4, 0.5) is 5.69 Å². The molecule has 0 heterocycles. The molecule has 0 saturated carbocycles. The van der Waals surface area contributed by atoms with Gasteiger partial charge in [0.05, 0.1) is 26.0 Å². The number of hydrogen-bond acceptors (Lipinski definition) is 4. The van der Waals surface area contributed by atoms with Gasteiger partial charge in [-0.15, -0.1) is 0 Å². The van der Waals surface area contributed by atoms with E-state index in [9.17, 15) is 14.9 Å². The average molecular weight is 357 g/mol. The van der Waals surface area contributed by atoms with Gasteiger partial charge in [-0.1, -0.05) is 17.7 Å². The number of nitro benzene ring substituents is 1. The smallest absolute Gasteiger partial charge is 0.273 e. The molecule has 20 heavy (non-hydrogen) atoms. The normalized spacial score (nSPS) is 10.1. The molecule has 0 spiro atoms. The first-order valence-corrected chi connectivity index (χ1v) is 6.55. The average Bonchev–Trinajstić information content (AvgIpc) is 2.42. The first kappa shape index (κ1) is 14.5. The fourth-order valence-electron chi connectivity index (χ4n) is 1.52. The third-order valence-electron chi connectivity index (χ3n) is 2.46. The zero-order chi connectivity index (χ0) is 14.7. The Morgan fingerprint density at radius 2 is 2.05 bits per heavy atom. The van der Waals surface area contributed by atoms with Crippen molar-refractivity contribution >= 4 is 39.5 Å². The summed E-state index contributed by atoms with van der Waals surface area (Å²) in [6.45, 7) is 0. The van der Waals surface area contributed by atoms with Gasteiger partial charge in [-0.3, -0.25) is 14.9 Å². The lowest BCUT2D eigenvalue weighted by Crippen LogP contribution is -1.94. The third-order valence-corrected chi connectivity index (χ3v) is 3.41. The minimum absolute atomic E-state index is 0.122. The fraction of sp³-hybridized carbons (Fsp3) is 0. The number of ether oxygens (including phenoxy) is 1. The van der Waals surface area contributed by atoms with Crippen LogP contribution in [0, 0.1) is 10.1 Å². The van der Waals surface area contributed by atoms with Gasteiger partial charge in [0.2, 0.25) is 0 Å². The lowest BCUT2D eigenvalue weighted by molar-refractivity contribution is -0.384. The Labute approximate surface area is 127 Å². The Hall–Kier alpha value is -1.92. The van der Waals surface area contributed by atoms with Gasteiger partial charge in [-0.2, -0.15) is 0 Å². The number of halogens is 2. The summed E-state index contributed by atoms with van der Waals surface area (Å²) in [6.07, 6.45) is 0.604. The second-order valence-corrected chi connectivity index (χ2v) is 5.01. The molecule has 0 bridgehead atoms. The molecule has 2 rings (SSSR count). The van der Waals surface area contributed by atoms with Gasteiger partial charge in [0.25, 0.3) is 5.69 Å². The van der Waals surface area contributed by atoms with Crippen LogP contribution in [-0.4, -0.2) is 11.2 Å². The Balaban J connectivity index is 2.47. The Morgan fingerprint density at radius 1 is 1.30 bits per heavy atom. The lowest BCUT2D eigenvalue weighted by Gasteiger charge is -2.11. The number of carbonyl (C=O) groups is 1. The van der Waals surface area contributed by atoms with Gasteiger partial charge in [-0.25, -0.2) is 0 Å². The third kappa shape index (κ3) is 2.97. The number of non-ortho nitro benzene ring substituents is 1. The molecule has 0 amide bonds. The maximum absolute atomic E-state index is 11.0. The number of aldehydes is 1. The van der Waals surface area contributed by atoms with Crippen LogP contribution in [0.15, 0.2) is 40.9 Å². The van der Waals surface area contributed by atoms with Gasteiger partial charge >= 0.3 is 0 Å². The molecule has 2 aromatic rings. The van der Waals surface area contributed by atoms with E-state index in [2.05, 4.69) is 15.9 Å². The summed E-state index contributed by atoms with van der Waals surface area (Å²) < 4.78 is 6.05. The number of nitro groups is 1. The zero-order valence-corrected chi connectivity index (χ0v) is 12.2. The molecule has 0 aliphatic rings. The Bertz CT molecular complexity index is 690. The van der Waals surface area contributed by atoms with E-state index in [1.165, 1.54) is 18.2 Å². The van der Waals surface area contributed by atoms with Crippen LogP contribution in [-0.2, 0) is 0 Å². The molecule has 0 N–H and O–H groups in total. The highest BCUT2D eigenvalue weighted by Crippen LogP contribution is 2.37. The largest absolute Gasteiger partial charge is 0.454 e. The van der Waals surface area contributed by atoms with Gasteiger partial charge < -0.3 is 4.74 Å². The van der Waals surface area contributed by atoms with Crippen LogP contribution in [0.3, 0.4) is 0 Å². The zero-order valence-electron chi connectivity index (χ0n) is 9.88. The van der Waals surface area contributed by atoms with Crippen molar-refractivity contribution in [2.75, 3.05) is 0 Å². The molecule has 0 fully saturated rings. The van der Waals surface area contributed by atoms with E-state index in [0.29, 0.717) is 10.8 Å². The lowest BCUT2D eigenvalue weighted by atomic mass is 10.2. The minimum atomic E-state index is -0.535. The summed E-state index contributed by atoms with van der Waals surface area (Å²) in [5.74, 6) is 0.362. The Morgan fingerprint density at radius 3 is 2.70 bits per heavy atom. The Kier molecular flexibility index (Phi) is 4.36. The van der Waals surface area contributed by atoms with Crippen molar-refractivity contribution in [1.29, 1.82) is 0 Å². The molecule has 0 unspecified atom stereocenters. The van der Waals surface area contributed by atoms with Crippen molar-refractivity contribution in [1.82, 2.24) is 0 Å². The standard InChI is InChI=1S/C13H7BrClNO4/c14-10-5-4-9(16(18)19)6-12(10)20-13-8(7-17)2-1-3-11(13)15/h1-7H. The maximum Gasteiger partial charge on any atom is 0.273 e. The molecular formula is C13H7BrClNO4. The van der Waals surface area contributed by atoms with Gasteiger partial charge in [0.1, 0.15) is 5.75 Å². The van der Waals surface area contributed by atoms with E-state index in [4.69, 9.17) is 16.3 Å². The minimum Gasteiger partial charge on any atom is -0.454 e. The molecule has 0 aliphatic carbocycles. The van der Waals surface area contributed by atoms with E-state index >= 15 is 0 Å². The van der Waals surface area contributed by atoms with Crippen molar-refractivity contribution in [3.63, 3.8) is 0 Å². The topological polar surface area (TPSA) is 69.4 Å². The molecule has 0 aromatic heterocycles. The van der Waals surface area contributed by atoms with Crippen LogP contribution >= 0.6 is 27.5 Å². The molecule has 102 valence electrons. The van der Waals surface area contributed by atoms with Crippen LogP contribution in [0.1, 0.15) is 10.4 Å². The van der Waals surface area contributed by atoms with E-state index < -0.39 is 4.92 Å². The second-order valence-electron chi connectivity index (χ2n) is 3.75. The van der Waals surface area contributed by atoms with Crippen LogP contribution in [0.2, 0.25) is 5.02 Å². The first-order valence-electron chi connectivity index (χ1n) is 5.38. The first-order chi connectivity index (χ1) is 9.52. The van der Waals surface area contributed by atoms with E-state index in [-0.39, 0.29) is 27.8 Å². The van der Waals surface area contributed by atoms with Crippen molar-refractivity contribution in [2.45, 2.75) is 0 Å². The number of para-hydroxylation sites is 1. The molecule has 5 nitrogen and oxygen atoms in total. The van der Waals surface area contributed by atoms with Crippen molar-refractivity contribution in [2.24, 2.45) is 0 Å². The molecule has 0 radical (unpaired) electrons. The van der Waals surface area contributed by atoms with E-state index in [1.807, 2.05) is 0 Å². The highest BCUT2D eigenvalue weighted by Gasteiger charge is 2.14. The predicted molar refractivity (Wildman–Crippen MR) is 77.7 cm³/mol. The summed E-state index contributed by atoms with van der Waals surface area (Å²) in [7, 11) is 0. The quantitative estimate of drug-likeness (QED) is 0.455. The monoisotopic (exact) mass is 355 g/mol. The molecule has 0 saturated heterocycles. The van der Waals surface area contributed by atoms with Gasteiger partial charge in [0, 0.05) is 6.07 Å². The van der Waals surface area contributed by atoms with Crippen molar-refractivity contribution in [3.8, 4) is 11.5 Å². The summed E-state index contributed by atoms with van der Waals surface area (Å²) in [4.78, 5) is 21.2. The maximum atomic E-state index is 11.0. The summed E-state index contributed by atoms with van der Waals surface area (Å²) in [6, 6.07) is 8.80. The highest BCUT2D eigenvalue weighted by molar-refractivity contribution is 9.10. The number of benzene rings is 2. The molecule has 0 atom stereocenters.